The maximum atomic E-state index is 13.2. The molecule has 1 atom stereocenters. The minimum Gasteiger partial charge on any atom is -0.497 e. The van der Waals surface area contributed by atoms with Gasteiger partial charge in [0, 0.05) is 0 Å². The van der Waals surface area contributed by atoms with E-state index in [1.54, 1.807) is 19.2 Å². The molecule has 0 heterocycles. The fourth-order valence-corrected chi connectivity index (χ4v) is 2.63. The van der Waals surface area contributed by atoms with Crippen LogP contribution in [0.3, 0.4) is 0 Å². The molecule has 2 aromatic rings. The van der Waals surface area contributed by atoms with Crippen molar-refractivity contribution in [2.75, 3.05) is 7.11 Å². The lowest BCUT2D eigenvalue weighted by molar-refractivity contribution is 0.414. The minimum atomic E-state index is -0.260. The van der Waals surface area contributed by atoms with Crippen LogP contribution in [-0.2, 0) is 0 Å². The van der Waals surface area contributed by atoms with E-state index in [0.29, 0.717) is 4.47 Å². The molecule has 1 unspecified atom stereocenters. The molecule has 0 fully saturated rings. The van der Waals surface area contributed by atoms with E-state index in [1.807, 2.05) is 24.3 Å². The van der Waals surface area contributed by atoms with E-state index in [2.05, 4.69) is 31.9 Å². The smallest absolute Gasteiger partial charge is 0.137 e. The number of ether oxygens (including phenoxy) is 1. The standard InChI is InChI=1S/C14H11Br2FO/c1-18-11-4-2-3-9(7-11)14(16)10-5-6-13(17)12(15)8-10/h2-8,14H,1H3. The van der Waals surface area contributed by atoms with Crippen molar-refractivity contribution < 1.29 is 9.13 Å². The Bertz CT molecular complexity index is 557. The Balaban J connectivity index is 2.34. The van der Waals surface area contributed by atoms with E-state index in [-0.39, 0.29) is 10.6 Å². The van der Waals surface area contributed by atoms with Crippen LogP contribution in [-0.4, -0.2) is 7.11 Å². The van der Waals surface area contributed by atoms with Gasteiger partial charge >= 0.3 is 0 Å². The molecule has 0 radical (unpaired) electrons. The highest BCUT2D eigenvalue weighted by atomic mass is 79.9. The van der Waals surface area contributed by atoms with E-state index >= 15 is 0 Å². The van der Waals surface area contributed by atoms with Crippen LogP contribution >= 0.6 is 31.9 Å². The van der Waals surface area contributed by atoms with E-state index in [4.69, 9.17) is 4.74 Å². The molecule has 0 N–H and O–H groups in total. The average molecular weight is 374 g/mol. The van der Waals surface area contributed by atoms with Crippen LogP contribution in [0.1, 0.15) is 16.0 Å². The van der Waals surface area contributed by atoms with Crippen LogP contribution in [0, 0.1) is 5.82 Å². The Kier molecular flexibility index (Phi) is 4.40. The molecule has 0 aliphatic carbocycles. The number of rotatable bonds is 3. The van der Waals surface area contributed by atoms with Gasteiger partial charge in [-0.25, -0.2) is 4.39 Å². The summed E-state index contributed by atoms with van der Waals surface area (Å²) in [5, 5.41) is 0. The highest BCUT2D eigenvalue weighted by molar-refractivity contribution is 9.10. The summed E-state index contributed by atoms with van der Waals surface area (Å²) >= 11 is 6.81. The number of alkyl halides is 1. The normalized spacial score (nSPS) is 12.2. The van der Waals surface area contributed by atoms with Crippen LogP contribution in [0.4, 0.5) is 4.39 Å². The van der Waals surface area contributed by atoms with Crippen LogP contribution in [0.2, 0.25) is 0 Å². The lowest BCUT2D eigenvalue weighted by Crippen LogP contribution is -1.94. The Morgan fingerprint density at radius 1 is 1.11 bits per heavy atom. The second-order valence-electron chi connectivity index (χ2n) is 3.81. The van der Waals surface area contributed by atoms with Crippen molar-refractivity contribution in [3.63, 3.8) is 0 Å². The zero-order chi connectivity index (χ0) is 13.1. The Morgan fingerprint density at radius 2 is 1.83 bits per heavy atom. The van der Waals surface area contributed by atoms with E-state index in [1.165, 1.54) is 6.07 Å². The fourth-order valence-electron chi connectivity index (χ4n) is 1.66. The third-order valence-corrected chi connectivity index (χ3v) is 4.29. The highest BCUT2D eigenvalue weighted by Gasteiger charge is 2.12. The topological polar surface area (TPSA) is 9.23 Å². The summed E-state index contributed by atoms with van der Waals surface area (Å²) < 4.78 is 18.9. The van der Waals surface area contributed by atoms with Gasteiger partial charge in [-0.05, 0) is 51.3 Å². The molecule has 4 heteroatoms. The van der Waals surface area contributed by atoms with E-state index in [0.717, 1.165) is 16.9 Å². The van der Waals surface area contributed by atoms with Gasteiger partial charge in [0.1, 0.15) is 11.6 Å². The minimum absolute atomic E-state index is 0.00417. The predicted molar refractivity (Wildman–Crippen MR) is 77.9 cm³/mol. The summed E-state index contributed by atoms with van der Waals surface area (Å²) in [5.74, 6) is 0.544. The van der Waals surface area contributed by atoms with Gasteiger partial charge in [-0.15, -0.1) is 0 Å². The first kappa shape index (κ1) is 13.6. The van der Waals surface area contributed by atoms with Gasteiger partial charge < -0.3 is 4.74 Å². The van der Waals surface area contributed by atoms with Crippen molar-refractivity contribution in [2.24, 2.45) is 0 Å². The Hall–Kier alpha value is -0.870. The van der Waals surface area contributed by atoms with E-state index < -0.39 is 0 Å². The summed E-state index contributed by atoms with van der Waals surface area (Å²) in [7, 11) is 1.64. The van der Waals surface area contributed by atoms with Crippen molar-refractivity contribution in [2.45, 2.75) is 4.83 Å². The number of hydrogen-bond donors (Lipinski definition) is 0. The van der Waals surface area contributed by atoms with Gasteiger partial charge in [-0.3, -0.25) is 0 Å². The SMILES string of the molecule is COc1cccc(C(Br)c2ccc(F)c(Br)c2)c1. The monoisotopic (exact) mass is 372 g/mol. The van der Waals surface area contributed by atoms with Crippen molar-refractivity contribution in [3.8, 4) is 5.75 Å². The first-order chi connectivity index (χ1) is 8.61. The molecule has 0 bridgehead atoms. The van der Waals surface area contributed by atoms with Gasteiger partial charge in [0.15, 0.2) is 0 Å². The molecule has 94 valence electrons. The van der Waals surface area contributed by atoms with Gasteiger partial charge in [0.2, 0.25) is 0 Å². The van der Waals surface area contributed by atoms with Crippen molar-refractivity contribution in [3.05, 3.63) is 63.9 Å². The molecule has 0 saturated heterocycles. The summed E-state index contributed by atoms with van der Waals surface area (Å²) in [6.45, 7) is 0. The van der Waals surface area contributed by atoms with Crippen molar-refractivity contribution in [1.82, 2.24) is 0 Å². The van der Waals surface area contributed by atoms with Crippen LogP contribution < -0.4 is 4.74 Å². The van der Waals surface area contributed by atoms with Crippen LogP contribution in [0.5, 0.6) is 5.75 Å². The van der Waals surface area contributed by atoms with Crippen molar-refractivity contribution in [1.29, 1.82) is 0 Å². The first-order valence-corrected chi connectivity index (χ1v) is 7.05. The fraction of sp³-hybridized carbons (Fsp3) is 0.143. The van der Waals surface area contributed by atoms with Gasteiger partial charge in [0.25, 0.3) is 0 Å². The highest BCUT2D eigenvalue weighted by Crippen LogP contribution is 2.34. The molecule has 0 aromatic heterocycles. The third kappa shape index (κ3) is 2.93. The van der Waals surface area contributed by atoms with Gasteiger partial charge in [-0.2, -0.15) is 0 Å². The number of methoxy groups -OCH3 is 1. The molecule has 0 amide bonds. The molecule has 2 aromatic carbocycles. The third-order valence-electron chi connectivity index (χ3n) is 2.62. The first-order valence-electron chi connectivity index (χ1n) is 5.35. The Morgan fingerprint density at radius 3 is 2.50 bits per heavy atom. The largest absolute Gasteiger partial charge is 0.497 e. The molecule has 0 aliphatic rings. The molecular formula is C14H11Br2FO. The number of benzene rings is 2. The van der Waals surface area contributed by atoms with Crippen LogP contribution in [0.25, 0.3) is 0 Å². The molecule has 2 rings (SSSR count). The zero-order valence-electron chi connectivity index (χ0n) is 9.66. The van der Waals surface area contributed by atoms with Crippen molar-refractivity contribution >= 4 is 31.9 Å². The quantitative estimate of drug-likeness (QED) is 0.681. The lowest BCUT2D eigenvalue weighted by Gasteiger charge is -2.12. The maximum Gasteiger partial charge on any atom is 0.137 e. The molecular weight excluding hydrogens is 363 g/mol. The van der Waals surface area contributed by atoms with Gasteiger partial charge in [-0.1, -0.05) is 34.1 Å². The summed E-state index contributed by atoms with van der Waals surface area (Å²) in [6, 6.07) is 12.8. The zero-order valence-corrected chi connectivity index (χ0v) is 12.8. The van der Waals surface area contributed by atoms with E-state index in [9.17, 15) is 4.39 Å². The maximum absolute atomic E-state index is 13.2. The molecule has 0 spiro atoms. The summed E-state index contributed by atoms with van der Waals surface area (Å²) in [5.41, 5.74) is 2.05. The number of hydrogen-bond acceptors (Lipinski definition) is 1. The number of halogens is 3. The Labute approximate surface area is 122 Å². The molecule has 0 aliphatic heterocycles. The average Bonchev–Trinajstić information content (AvgIpc) is 2.41. The van der Waals surface area contributed by atoms with Gasteiger partial charge in [0.05, 0.1) is 16.4 Å². The summed E-state index contributed by atoms with van der Waals surface area (Å²) in [6.07, 6.45) is 0. The molecule has 1 nitrogen and oxygen atoms in total. The van der Waals surface area contributed by atoms with Crippen LogP contribution in [0.15, 0.2) is 46.9 Å². The summed E-state index contributed by atoms with van der Waals surface area (Å²) in [4.78, 5) is 0.00417. The molecule has 0 saturated carbocycles. The molecule has 18 heavy (non-hydrogen) atoms. The lowest BCUT2D eigenvalue weighted by atomic mass is 10.0. The predicted octanol–water partition coefficient (Wildman–Crippen LogP) is 5.08. The second kappa shape index (κ2) is 5.85. The second-order valence-corrected chi connectivity index (χ2v) is 5.58.